The molecule has 0 radical (unpaired) electrons. The van der Waals surface area contributed by atoms with Crippen LogP contribution >= 0.6 is 0 Å². The highest BCUT2D eigenvalue weighted by atomic mass is 16.6. The van der Waals surface area contributed by atoms with Gasteiger partial charge in [-0.15, -0.1) is 0 Å². The Bertz CT molecular complexity index is 474. The highest BCUT2D eigenvalue weighted by Crippen LogP contribution is 2.21. The van der Waals surface area contributed by atoms with E-state index in [1.807, 2.05) is 6.92 Å². The van der Waals surface area contributed by atoms with Crippen molar-refractivity contribution in [3.63, 3.8) is 0 Å². The van der Waals surface area contributed by atoms with Crippen molar-refractivity contribution in [2.24, 2.45) is 0 Å². The van der Waals surface area contributed by atoms with E-state index in [9.17, 15) is 9.59 Å². The van der Waals surface area contributed by atoms with Crippen LogP contribution in [-0.2, 0) is 9.53 Å². The van der Waals surface area contributed by atoms with Gasteiger partial charge >= 0.3 is 12.1 Å². The summed E-state index contributed by atoms with van der Waals surface area (Å²) < 4.78 is 5.14. The Kier molecular flexibility index (Phi) is 5.13. The second-order valence-electron chi connectivity index (χ2n) is 5.75. The van der Waals surface area contributed by atoms with Crippen LogP contribution in [0.2, 0.25) is 0 Å². The topological polar surface area (TPSA) is 75.6 Å². The summed E-state index contributed by atoms with van der Waals surface area (Å²) in [6.07, 6.45) is -0.428. The fourth-order valence-electron chi connectivity index (χ4n) is 1.70. The summed E-state index contributed by atoms with van der Waals surface area (Å²) >= 11 is 0. The average molecular weight is 279 g/mol. The standard InChI is InChI=1S/C15H21NO4/c1-10(9-13(17)18)11-5-7-12(8-6-11)16-14(19)20-15(2,3)4/h5-8,10H,9H2,1-4H3,(H,16,19)(H,17,18)/t10-/m1/s1. The monoisotopic (exact) mass is 279 g/mol. The summed E-state index contributed by atoms with van der Waals surface area (Å²) in [5.74, 6) is -0.892. The molecular weight excluding hydrogens is 258 g/mol. The average Bonchev–Trinajstić information content (AvgIpc) is 2.26. The van der Waals surface area contributed by atoms with E-state index in [1.54, 1.807) is 45.0 Å². The maximum Gasteiger partial charge on any atom is 0.412 e. The zero-order valence-electron chi connectivity index (χ0n) is 12.3. The number of hydrogen-bond donors (Lipinski definition) is 2. The predicted octanol–water partition coefficient (Wildman–Crippen LogP) is 3.61. The molecule has 0 aliphatic carbocycles. The Morgan fingerprint density at radius 2 is 1.80 bits per heavy atom. The van der Waals surface area contributed by atoms with E-state index in [0.717, 1.165) is 5.56 Å². The van der Waals surface area contributed by atoms with Crippen molar-refractivity contribution < 1.29 is 19.4 Å². The van der Waals surface area contributed by atoms with Crippen molar-refractivity contribution in [1.82, 2.24) is 0 Å². The van der Waals surface area contributed by atoms with Crippen LogP contribution < -0.4 is 5.32 Å². The van der Waals surface area contributed by atoms with Gasteiger partial charge in [0.1, 0.15) is 5.60 Å². The number of carboxylic acid groups (broad SMARTS) is 1. The van der Waals surface area contributed by atoms with Gasteiger partial charge in [-0.1, -0.05) is 19.1 Å². The summed E-state index contributed by atoms with van der Waals surface area (Å²) in [4.78, 5) is 22.2. The van der Waals surface area contributed by atoms with Crippen molar-refractivity contribution in [2.45, 2.75) is 45.6 Å². The van der Waals surface area contributed by atoms with Crippen molar-refractivity contribution in [1.29, 1.82) is 0 Å². The van der Waals surface area contributed by atoms with Gasteiger partial charge < -0.3 is 9.84 Å². The van der Waals surface area contributed by atoms with E-state index < -0.39 is 17.7 Å². The molecule has 0 saturated heterocycles. The van der Waals surface area contributed by atoms with Crippen molar-refractivity contribution in [3.8, 4) is 0 Å². The van der Waals surface area contributed by atoms with Gasteiger partial charge in [0.15, 0.2) is 0 Å². The minimum atomic E-state index is -0.826. The van der Waals surface area contributed by atoms with E-state index in [1.165, 1.54) is 0 Å². The minimum absolute atomic E-state index is 0.0666. The van der Waals surface area contributed by atoms with Gasteiger partial charge in [-0.25, -0.2) is 4.79 Å². The second kappa shape index (κ2) is 6.41. The predicted molar refractivity (Wildman–Crippen MR) is 77.0 cm³/mol. The molecule has 1 amide bonds. The fraction of sp³-hybridized carbons (Fsp3) is 0.467. The molecule has 1 aromatic carbocycles. The number of benzene rings is 1. The highest BCUT2D eigenvalue weighted by Gasteiger charge is 2.16. The number of carbonyl (C=O) groups excluding carboxylic acids is 1. The molecule has 5 heteroatoms. The number of rotatable bonds is 4. The summed E-state index contributed by atoms with van der Waals surface area (Å²) in [5, 5.41) is 11.4. The maximum atomic E-state index is 11.6. The number of ether oxygens (including phenoxy) is 1. The molecule has 5 nitrogen and oxygen atoms in total. The van der Waals surface area contributed by atoms with E-state index in [4.69, 9.17) is 9.84 Å². The van der Waals surface area contributed by atoms with Crippen LogP contribution in [0.3, 0.4) is 0 Å². The molecule has 0 aliphatic heterocycles. The Hall–Kier alpha value is -2.04. The van der Waals surface area contributed by atoms with Gasteiger partial charge in [-0.3, -0.25) is 10.1 Å². The Morgan fingerprint density at radius 1 is 1.25 bits per heavy atom. The molecule has 0 fully saturated rings. The smallest absolute Gasteiger partial charge is 0.412 e. The lowest BCUT2D eigenvalue weighted by molar-refractivity contribution is -0.137. The first-order valence-electron chi connectivity index (χ1n) is 6.49. The molecule has 0 saturated carbocycles. The van der Waals surface area contributed by atoms with Gasteiger partial charge in [0.25, 0.3) is 0 Å². The number of hydrogen-bond acceptors (Lipinski definition) is 3. The fourth-order valence-corrected chi connectivity index (χ4v) is 1.70. The first-order chi connectivity index (χ1) is 9.17. The number of carboxylic acids is 1. The lowest BCUT2D eigenvalue weighted by Crippen LogP contribution is -2.27. The first kappa shape index (κ1) is 16.0. The first-order valence-corrected chi connectivity index (χ1v) is 6.49. The van der Waals surface area contributed by atoms with E-state index in [-0.39, 0.29) is 12.3 Å². The Balaban J connectivity index is 2.63. The maximum absolute atomic E-state index is 11.6. The molecule has 1 atom stereocenters. The largest absolute Gasteiger partial charge is 0.481 e. The number of carbonyl (C=O) groups is 2. The minimum Gasteiger partial charge on any atom is -0.481 e. The van der Waals surface area contributed by atoms with Crippen molar-refractivity contribution >= 4 is 17.7 Å². The SMILES string of the molecule is C[C@H](CC(=O)O)c1ccc(NC(=O)OC(C)(C)C)cc1. The molecule has 1 aromatic rings. The third kappa shape index (κ3) is 5.73. The molecule has 110 valence electrons. The van der Waals surface area contributed by atoms with Crippen LogP contribution in [0.15, 0.2) is 24.3 Å². The van der Waals surface area contributed by atoms with Gasteiger partial charge in [-0.05, 0) is 44.4 Å². The lowest BCUT2D eigenvalue weighted by Gasteiger charge is -2.19. The Labute approximate surface area is 118 Å². The lowest BCUT2D eigenvalue weighted by atomic mass is 9.98. The number of amides is 1. The van der Waals surface area contributed by atoms with Crippen molar-refractivity contribution in [3.05, 3.63) is 29.8 Å². The van der Waals surface area contributed by atoms with Crippen molar-refractivity contribution in [2.75, 3.05) is 5.32 Å². The molecule has 0 unspecified atom stereocenters. The third-order valence-corrected chi connectivity index (χ3v) is 2.61. The molecule has 0 aromatic heterocycles. The zero-order chi connectivity index (χ0) is 15.3. The molecule has 0 spiro atoms. The van der Waals surface area contributed by atoms with Gasteiger partial charge in [-0.2, -0.15) is 0 Å². The van der Waals surface area contributed by atoms with Gasteiger partial charge in [0.2, 0.25) is 0 Å². The molecule has 0 heterocycles. The zero-order valence-corrected chi connectivity index (χ0v) is 12.3. The Morgan fingerprint density at radius 3 is 2.25 bits per heavy atom. The summed E-state index contributed by atoms with van der Waals surface area (Å²) in [5.41, 5.74) is 0.993. The normalized spacial score (nSPS) is 12.6. The number of nitrogens with one attached hydrogen (secondary N) is 1. The number of anilines is 1. The van der Waals surface area contributed by atoms with Gasteiger partial charge in [0, 0.05) is 5.69 Å². The van der Waals surface area contributed by atoms with Crippen LogP contribution in [0, 0.1) is 0 Å². The van der Waals surface area contributed by atoms with Crippen LogP contribution in [0.25, 0.3) is 0 Å². The van der Waals surface area contributed by atoms with Gasteiger partial charge in [0.05, 0.1) is 6.42 Å². The molecular formula is C15H21NO4. The highest BCUT2D eigenvalue weighted by molar-refractivity contribution is 5.84. The van der Waals surface area contributed by atoms with Crippen LogP contribution in [0.4, 0.5) is 10.5 Å². The van der Waals surface area contributed by atoms with E-state index in [2.05, 4.69) is 5.32 Å². The molecule has 20 heavy (non-hydrogen) atoms. The molecule has 0 aliphatic rings. The van der Waals surface area contributed by atoms with Crippen LogP contribution in [0.1, 0.15) is 45.6 Å². The molecule has 0 bridgehead atoms. The van der Waals surface area contributed by atoms with Crippen LogP contribution in [0.5, 0.6) is 0 Å². The summed E-state index contributed by atoms with van der Waals surface area (Å²) in [6, 6.07) is 7.08. The summed E-state index contributed by atoms with van der Waals surface area (Å²) in [7, 11) is 0. The third-order valence-electron chi connectivity index (χ3n) is 2.61. The molecule has 1 rings (SSSR count). The quantitative estimate of drug-likeness (QED) is 0.882. The van der Waals surface area contributed by atoms with E-state index >= 15 is 0 Å². The van der Waals surface area contributed by atoms with Crippen LogP contribution in [-0.4, -0.2) is 22.8 Å². The summed E-state index contributed by atoms with van der Waals surface area (Å²) in [6.45, 7) is 7.24. The second-order valence-corrected chi connectivity index (χ2v) is 5.75. The molecule has 2 N–H and O–H groups in total. The van der Waals surface area contributed by atoms with E-state index in [0.29, 0.717) is 5.69 Å². The number of aliphatic carboxylic acids is 1.